The molecular weight excluding hydrogens is 214 g/mol. The van der Waals surface area contributed by atoms with Crippen molar-refractivity contribution in [1.29, 1.82) is 0 Å². The molecule has 94 valence electrons. The Morgan fingerprint density at radius 3 is 2.65 bits per heavy atom. The third-order valence-electron chi connectivity index (χ3n) is 3.38. The minimum Gasteiger partial charge on any atom is -0.496 e. The standard InChI is InChI=1S/C14H21NO2/c1-10(15-9-13-14(2,3)17-13)11-7-5-6-8-12(11)16-4/h5-8,10,13,15H,9H2,1-4H3. The fourth-order valence-corrected chi connectivity index (χ4v) is 2.04. The maximum atomic E-state index is 5.55. The second kappa shape index (κ2) is 4.67. The highest BCUT2D eigenvalue weighted by atomic mass is 16.6. The molecule has 3 nitrogen and oxygen atoms in total. The van der Waals surface area contributed by atoms with E-state index in [2.05, 4.69) is 32.2 Å². The van der Waals surface area contributed by atoms with Gasteiger partial charge in [-0.2, -0.15) is 0 Å². The van der Waals surface area contributed by atoms with Crippen molar-refractivity contribution in [3.63, 3.8) is 0 Å². The van der Waals surface area contributed by atoms with Crippen molar-refractivity contribution in [3.05, 3.63) is 29.8 Å². The maximum absolute atomic E-state index is 5.55. The quantitative estimate of drug-likeness (QED) is 0.796. The second-order valence-corrected chi connectivity index (χ2v) is 5.08. The Morgan fingerprint density at radius 1 is 1.41 bits per heavy atom. The predicted molar refractivity (Wildman–Crippen MR) is 68.4 cm³/mol. The van der Waals surface area contributed by atoms with Crippen LogP contribution in [0.3, 0.4) is 0 Å². The van der Waals surface area contributed by atoms with Crippen molar-refractivity contribution in [1.82, 2.24) is 5.32 Å². The highest BCUT2D eigenvalue weighted by Gasteiger charge is 2.47. The van der Waals surface area contributed by atoms with Crippen LogP contribution in [-0.4, -0.2) is 25.4 Å². The number of methoxy groups -OCH3 is 1. The van der Waals surface area contributed by atoms with Gasteiger partial charge in [-0.3, -0.25) is 0 Å². The fraction of sp³-hybridized carbons (Fsp3) is 0.571. The minimum atomic E-state index is 0.0491. The highest BCUT2D eigenvalue weighted by Crippen LogP contribution is 2.35. The Bertz CT molecular complexity index is 390. The molecule has 1 saturated heterocycles. The fourth-order valence-electron chi connectivity index (χ4n) is 2.04. The Labute approximate surface area is 103 Å². The van der Waals surface area contributed by atoms with E-state index in [0.717, 1.165) is 12.3 Å². The van der Waals surface area contributed by atoms with Gasteiger partial charge in [0.1, 0.15) is 5.75 Å². The summed E-state index contributed by atoms with van der Waals surface area (Å²) in [5.74, 6) is 0.934. The number of rotatable bonds is 5. The first-order valence-electron chi connectivity index (χ1n) is 6.08. The van der Waals surface area contributed by atoms with Crippen molar-refractivity contribution in [2.45, 2.75) is 38.5 Å². The first-order chi connectivity index (χ1) is 8.04. The molecule has 1 aliphatic heterocycles. The van der Waals surface area contributed by atoms with Crippen LogP contribution in [0.1, 0.15) is 32.4 Å². The van der Waals surface area contributed by atoms with Gasteiger partial charge in [-0.15, -0.1) is 0 Å². The van der Waals surface area contributed by atoms with Crippen LogP contribution in [0.2, 0.25) is 0 Å². The van der Waals surface area contributed by atoms with E-state index in [1.54, 1.807) is 7.11 Å². The van der Waals surface area contributed by atoms with E-state index in [9.17, 15) is 0 Å². The molecule has 2 rings (SSSR count). The van der Waals surface area contributed by atoms with Gasteiger partial charge in [0.25, 0.3) is 0 Å². The summed E-state index contributed by atoms with van der Waals surface area (Å²) in [6.45, 7) is 7.26. The summed E-state index contributed by atoms with van der Waals surface area (Å²) in [5.41, 5.74) is 1.24. The molecule has 0 amide bonds. The molecule has 1 N–H and O–H groups in total. The van der Waals surface area contributed by atoms with Gasteiger partial charge in [0.2, 0.25) is 0 Å². The Balaban J connectivity index is 1.93. The van der Waals surface area contributed by atoms with Crippen molar-refractivity contribution < 1.29 is 9.47 Å². The number of hydrogen-bond donors (Lipinski definition) is 1. The van der Waals surface area contributed by atoms with Crippen LogP contribution in [0, 0.1) is 0 Å². The first-order valence-corrected chi connectivity index (χ1v) is 6.08. The number of epoxide rings is 1. The maximum Gasteiger partial charge on any atom is 0.123 e. The average molecular weight is 235 g/mol. The van der Waals surface area contributed by atoms with E-state index in [0.29, 0.717) is 6.10 Å². The molecule has 0 bridgehead atoms. The van der Waals surface area contributed by atoms with Gasteiger partial charge in [0.05, 0.1) is 18.8 Å². The van der Waals surface area contributed by atoms with E-state index < -0.39 is 0 Å². The number of nitrogens with one attached hydrogen (secondary N) is 1. The largest absolute Gasteiger partial charge is 0.496 e. The second-order valence-electron chi connectivity index (χ2n) is 5.08. The zero-order chi connectivity index (χ0) is 12.5. The molecule has 1 aromatic carbocycles. The molecule has 0 saturated carbocycles. The summed E-state index contributed by atoms with van der Waals surface area (Å²) in [6.07, 6.45) is 0.333. The number of benzene rings is 1. The summed E-state index contributed by atoms with van der Waals surface area (Å²) >= 11 is 0. The van der Waals surface area contributed by atoms with Crippen molar-refractivity contribution in [2.75, 3.05) is 13.7 Å². The lowest BCUT2D eigenvalue weighted by atomic mass is 10.1. The first kappa shape index (κ1) is 12.4. The lowest BCUT2D eigenvalue weighted by molar-refractivity contribution is 0.318. The highest BCUT2D eigenvalue weighted by molar-refractivity contribution is 5.35. The van der Waals surface area contributed by atoms with Gasteiger partial charge in [-0.05, 0) is 26.8 Å². The van der Waals surface area contributed by atoms with E-state index in [-0.39, 0.29) is 11.6 Å². The van der Waals surface area contributed by atoms with Gasteiger partial charge in [0.15, 0.2) is 0 Å². The molecule has 17 heavy (non-hydrogen) atoms. The van der Waals surface area contributed by atoms with Crippen LogP contribution in [-0.2, 0) is 4.74 Å². The van der Waals surface area contributed by atoms with Crippen molar-refractivity contribution in [2.24, 2.45) is 0 Å². The number of ether oxygens (including phenoxy) is 2. The van der Waals surface area contributed by atoms with Crippen LogP contribution in [0.25, 0.3) is 0 Å². The molecule has 0 radical (unpaired) electrons. The molecule has 1 aromatic rings. The molecule has 0 aromatic heterocycles. The van der Waals surface area contributed by atoms with Gasteiger partial charge in [-0.1, -0.05) is 18.2 Å². The summed E-state index contributed by atoms with van der Waals surface area (Å²) in [6, 6.07) is 8.38. The van der Waals surface area contributed by atoms with E-state index in [4.69, 9.17) is 9.47 Å². The van der Waals surface area contributed by atoms with Crippen LogP contribution >= 0.6 is 0 Å². The molecule has 1 heterocycles. The van der Waals surface area contributed by atoms with Crippen LogP contribution in [0.15, 0.2) is 24.3 Å². The Morgan fingerprint density at radius 2 is 2.06 bits per heavy atom. The minimum absolute atomic E-state index is 0.0491. The molecule has 2 atom stereocenters. The summed E-state index contributed by atoms with van der Waals surface area (Å²) in [4.78, 5) is 0. The zero-order valence-corrected chi connectivity index (χ0v) is 11.0. The Hall–Kier alpha value is -1.06. The summed E-state index contributed by atoms with van der Waals surface area (Å²) in [7, 11) is 1.71. The molecule has 2 unspecified atom stereocenters. The monoisotopic (exact) mass is 235 g/mol. The predicted octanol–water partition coefficient (Wildman–Crippen LogP) is 2.52. The average Bonchev–Trinajstić information content (AvgIpc) is 2.94. The lowest BCUT2D eigenvalue weighted by Crippen LogP contribution is -2.26. The van der Waals surface area contributed by atoms with E-state index in [1.807, 2.05) is 18.2 Å². The van der Waals surface area contributed by atoms with Gasteiger partial charge in [-0.25, -0.2) is 0 Å². The van der Waals surface area contributed by atoms with Crippen LogP contribution < -0.4 is 10.1 Å². The van der Waals surface area contributed by atoms with Gasteiger partial charge < -0.3 is 14.8 Å². The van der Waals surface area contributed by atoms with Gasteiger partial charge >= 0.3 is 0 Å². The Kier molecular flexibility index (Phi) is 3.40. The molecule has 1 fully saturated rings. The normalized spacial score (nSPS) is 23.2. The lowest BCUT2D eigenvalue weighted by Gasteiger charge is -2.16. The molecule has 3 heteroatoms. The van der Waals surface area contributed by atoms with Crippen molar-refractivity contribution in [3.8, 4) is 5.75 Å². The topological polar surface area (TPSA) is 33.8 Å². The molecule has 0 aliphatic carbocycles. The molecular formula is C14H21NO2. The number of para-hydroxylation sites is 1. The van der Waals surface area contributed by atoms with Crippen LogP contribution in [0.5, 0.6) is 5.75 Å². The SMILES string of the molecule is COc1ccccc1C(C)NCC1OC1(C)C. The van der Waals surface area contributed by atoms with Crippen LogP contribution in [0.4, 0.5) is 0 Å². The number of hydrogen-bond acceptors (Lipinski definition) is 3. The summed E-state index contributed by atoms with van der Waals surface area (Å²) < 4.78 is 10.9. The summed E-state index contributed by atoms with van der Waals surface area (Å²) in [5, 5.41) is 3.49. The zero-order valence-electron chi connectivity index (χ0n) is 11.0. The van der Waals surface area contributed by atoms with E-state index in [1.165, 1.54) is 5.56 Å². The molecule has 1 aliphatic rings. The smallest absolute Gasteiger partial charge is 0.123 e. The van der Waals surface area contributed by atoms with Gasteiger partial charge in [0, 0.05) is 18.2 Å². The third kappa shape index (κ3) is 2.79. The molecule has 0 spiro atoms. The van der Waals surface area contributed by atoms with E-state index >= 15 is 0 Å². The third-order valence-corrected chi connectivity index (χ3v) is 3.38. The van der Waals surface area contributed by atoms with Crippen molar-refractivity contribution >= 4 is 0 Å².